The summed E-state index contributed by atoms with van der Waals surface area (Å²) in [4.78, 5) is 0. The molecule has 2 nitrogen and oxygen atoms in total. The largest absolute Gasteiger partial charge is 0.504 e. The summed E-state index contributed by atoms with van der Waals surface area (Å²) in [5.41, 5.74) is -0.279. The van der Waals surface area contributed by atoms with Gasteiger partial charge in [-0.2, -0.15) is 0 Å². The second kappa shape index (κ2) is 3.74. The maximum absolute atomic E-state index is 9.52. The van der Waals surface area contributed by atoms with E-state index in [4.69, 9.17) is 4.74 Å². The fourth-order valence-corrected chi connectivity index (χ4v) is 1.50. The first-order valence-corrected chi connectivity index (χ1v) is 5.14. The number of para-hydroxylation sites is 1. The zero-order valence-corrected chi connectivity index (χ0v) is 10.1. The van der Waals surface area contributed by atoms with Gasteiger partial charge >= 0.3 is 0 Å². The summed E-state index contributed by atoms with van der Waals surface area (Å²) >= 11 is 2.14. The highest BCUT2D eigenvalue weighted by molar-refractivity contribution is 14.1. The third kappa shape index (κ3) is 3.06. The van der Waals surface area contributed by atoms with E-state index in [1.807, 2.05) is 26.8 Å². The molecule has 1 N–H and O–H groups in total. The highest BCUT2D eigenvalue weighted by Crippen LogP contribution is 2.33. The maximum Gasteiger partial charge on any atom is 0.174 e. The van der Waals surface area contributed by atoms with Crippen LogP contribution in [0.1, 0.15) is 20.8 Å². The topological polar surface area (TPSA) is 29.5 Å². The van der Waals surface area contributed by atoms with Crippen LogP contribution in [-0.2, 0) is 0 Å². The standard InChI is InChI=1S/C10H13IO2/c1-10(2,3)13-9-7(11)5-4-6-8(9)12/h4-6,12H,1-3H3. The molecular formula is C10H13IO2. The van der Waals surface area contributed by atoms with Crippen molar-refractivity contribution in [3.05, 3.63) is 21.8 Å². The molecule has 0 saturated heterocycles. The van der Waals surface area contributed by atoms with Crippen molar-refractivity contribution in [2.75, 3.05) is 0 Å². The van der Waals surface area contributed by atoms with Gasteiger partial charge in [-0.3, -0.25) is 0 Å². The fourth-order valence-electron chi connectivity index (χ4n) is 0.905. The summed E-state index contributed by atoms with van der Waals surface area (Å²) in [6, 6.07) is 5.33. The van der Waals surface area contributed by atoms with Gasteiger partial charge in [0.05, 0.1) is 3.57 Å². The second-order valence-electron chi connectivity index (χ2n) is 3.80. The Morgan fingerprint density at radius 2 is 1.92 bits per heavy atom. The molecule has 0 aliphatic rings. The van der Waals surface area contributed by atoms with Gasteiger partial charge in [0.25, 0.3) is 0 Å². The molecule has 0 spiro atoms. The number of phenols is 1. The number of hydrogen-bond donors (Lipinski definition) is 1. The Morgan fingerprint density at radius 1 is 1.31 bits per heavy atom. The first-order valence-electron chi connectivity index (χ1n) is 4.06. The number of aromatic hydroxyl groups is 1. The SMILES string of the molecule is CC(C)(C)Oc1c(O)cccc1I. The summed E-state index contributed by atoms with van der Waals surface area (Å²) < 4.78 is 6.53. The van der Waals surface area contributed by atoms with Crippen LogP contribution in [0.3, 0.4) is 0 Å². The number of rotatable bonds is 1. The highest BCUT2D eigenvalue weighted by atomic mass is 127. The minimum atomic E-state index is -0.279. The first-order chi connectivity index (χ1) is 5.90. The van der Waals surface area contributed by atoms with E-state index in [0.29, 0.717) is 5.75 Å². The normalized spacial score (nSPS) is 11.4. The zero-order chi connectivity index (χ0) is 10.1. The van der Waals surface area contributed by atoms with Crippen molar-refractivity contribution in [2.45, 2.75) is 26.4 Å². The molecule has 3 heteroatoms. The Labute approximate surface area is 92.1 Å². The Bertz CT molecular complexity index is 282. The van der Waals surface area contributed by atoms with Gasteiger partial charge in [-0.05, 0) is 55.5 Å². The van der Waals surface area contributed by atoms with Crippen LogP contribution < -0.4 is 4.74 Å². The van der Waals surface area contributed by atoms with Gasteiger partial charge in [0, 0.05) is 0 Å². The lowest BCUT2D eigenvalue weighted by atomic mass is 10.2. The molecule has 0 bridgehead atoms. The molecule has 13 heavy (non-hydrogen) atoms. The number of hydrogen-bond acceptors (Lipinski definition) is 2. The van der Waals surface area contributed by atoms with Crippen LogP contribution in [-0.4, -0.2) is 10.7 Å². The zero-order valence-electron chi connectivity index (χ0n) is 7.97. The predicted octanol–water partition coefficient (Wildman–Crippen LogP) is 3.17. The van der Waals surface area contributed by atoms with Gasteiger partial charge in [-0.15, -0.1) is 0 Å². The first kappa shape index (κ1) is 10.6. The monoisotopic (exact) mass is 292 g/mol. The molecule has 1 aromatic rings. The van der Waals surface area contributed by atoms with Crippen molar-refractivity contribution in [2.24, 2.45) is 0 Å². The van der Waals surface area contributed by atoms with E-state index in [1.165, 1.54) is 0 Å². The van der Waals surface area contributed by atoms with E-state index < -0.39 is 0 Å². The van der Waals surface area contributed by atoms with Gasteiger partial charge in [-0.25, -0.2) is 0 Å². The fraction of sp³-hybridized carbons (Fsp3) is 0.400. The van der Waals surface area contributed by atoms with Crippen molar-refractivity contribution in [1.82, 2.24) is 0 Å². The van der Waals surface area contributed by atoms with Crippen LogP contribution in [0, 0.1) is 3.57 Å². The number of halogens is 1. The molecule has 1 rings (SSSR count). The van der Waals surface area contributed by atoms with Gasteiger partial charge < -0.3 is 9.84 Å². The minimum absolute atomic E-state index is 0.196. The molecule has 0 radical (unpaired) electrons. The van der Waals surface area contributed by atoms with Gasteiger partial charge in [0.2, 0.25) is 0 Å². The Kier molecular flexibility index (Phi) is 3.05. The lowest BCUT2D eigenvalue weighted by molar-refractivity contribution is 0.124. The molecule has 0 aliphatic carbocycles. The lowest BCUT2D eigenvalue weighted by Crippen LogP contribution is -2.23. The van der Waals surface area contributed by atoms with Crippen LogP contribution >= 0.6 is 22.6 Å². The highest BCUT2D eigenvalue weighted by Gasteiger charge is 2.16. The van der Waals surface area contributed by atoms with E-state index in [0.717, 1.165) is 3.57 Å². The molecule has 0 unspecified atom stereocenters. The number of phenolic OH excluding ortho intramolecular Hbond substituents is 1. The molecule has 1 aromatic carbocycles. The third-order valence-corrected chi connectivity index (χ3v) is 2.20. The van der Waals surface area contributed by atoms with E-state index in [2.05, 4.69) is 22.6 Å². The number of ether oxygens (including phenoxy) is 1. The smallest absolute Gasteiger partial charge is 0.174 e. The van der Waals surface area contributed by atoms with E-state index in [9.17, 15) is 5.11 Å². The van der Waals surface area contributed by atoms with Crippen LogP contribution in [0.5, 0.6) is 11.5 Å². The van der Waals surface area contributed by atoms with E-state index >= 15 is 0 Å². The van der Waals surface area contributed by atoms with Crippen molar-refractivity contribution in [3.8, 4) is 11.5 Å². The molecule has 0 heterocycles. The predicted molar refractivity (Wildman–Crippen MR) is 61.2 cm³/mol. The van der Waals surface area contributed by atoms with Gasteiger partial charge in [-0.1, -0.05) is 6.07 Å². The average molecular weight is 292 g/mol. The summed E-state index contributed by atoms with van der Waals surface area (Å²) in [6.45, 7) is 5.86. The summed E-state index contributed by atoms with van der Waals surface area (Å²) in [5, 5.41) is 9.52. The Morgan fingerprint density at radius 3 is 2.38 bits per heavy atom. The van der Waals surface area contributed by atoms with Crippen molar-refractivity contribution in [1.29, 1.82) is 0 Å². The van der Waals surface area contributed by atoms with Crippen molar-refractivity contribution in [3.63, 3.8) is 0 Å². The average Bonchev–Trinajstić information content (AvgIpc) is 1.95. The summed E-state index contributed by atoms with van der Waals surface area (Å²) in [7, 11) is 0. The molecule has 0 aliphatic heterocycles. The molecule has 0 amide bonds. The lowest BCUT2D eigenvalue weighted by Gasteiger charge is -2.22. The minimum Gasteiger partial charge on any atom is -0.504 e. The van der Waals surface area contributed by atoms with Crippen LogP contribution in [0.4, 0.5) is 0 Å². The third-order valence-electron chi connectivity index (χ3n) is 1.35. The number of benzene rings is 1. The molecule has 0 aromatic heterocycles. The van der Waals surface area contributed by atoms with Crippen LogP contribution in [0.15, 0.2) is 18.2 Å². The van der Waals surface area contributed by atoms with Gasteiger partial charge in [0.15, 0.2) is 11.5 Å². The molecule has 0 fully saturated rings. The Balaban J connectivity index is 3.00. The van der Waals surface area contributed by atoms with Crippen LogP contribution in [0.25, 0.3) is 0 Å². The molecule has 0 atom stereocenters. The maximum atomic E-state index is 9.52. The summed E-state index contributed by atoms with van der Waals surface area (Å²) in [5.74, 6) is 0.762. The van der Waals surface area contributed by atoms with Crippen molar-refractivity contribution >= 4 is 22.6 Å². The molecule has 72 valence electrons. The van der Waals surface area contributed by atoms with Crippen molar-refractivity contribution < 1.29 is 9.84 Å². The van der Waals surface area contributed by atoms with Crippen LogP contribution in [0.2, 0.25) is 0 Å². The van der Waals surface area contributed by atoms with E-state index in [-0.39, 0.29) is 11.4 Å². The van der Waals surface area contributed by atoms with E-state index in [1.54, 1.807) is 12.1 Å². The molecular weight excluding hydrogens is 279 g/mol. The second-order valence-corrected chi connectivity index (χ2v) is 4.96. The summed E-state index contributed by atoms with van der Waals surface area (Å²) in [6.07, 6.45) is 0. The quantitative estimate of drug-likeness (QED) is 0.806. The Hall–Kier alpha value is -0.450. The van der Waals surface area contributed by atoms with Gasteiger partial charge in [0.1, 0.15) is 5.60 Å². The molecule has 0 saturated carbocycles.